The SMILES string of the molecule is CC1N(C)C=C(C#N)N1C.[Li]. The van der Waals surface area contributed by atoms with Crippen LogP contribution in [0.1, 0.15) is 6.92 Å². The van der Waals surface area contributed by atoms with Crippen LogP contribution in [0.4, 0.5) is 0 Å². The van der Waals surface area contributed by atoms with Crippen molar-refractivity contribution >= 4 is 18.9 Å². The van der Waals surface area contributed by atoms with Gasteiger partial charge in [-0.25, -0.2) is 0 Å². The number of hydrogen-bond donors (Lipinski definition) is 0. The Morgan fingerprint density at radius 2 is 2.09 bits per heavy atom. The molecule has 4 heteroatoms. The Morgan fingerprint density at radius 1 is 1.55 bits per heavy atom. The maximum atomic E-state index is 8.59. The Hall–Kier alpha value is -0.573. The van der Waals surface area contributed by atoms with Gasteiger partial charge in [0.25, 0.3) is 0 Å². The molecular weight excluding hydrogens is 133 g/mol. The van der Waals surface area contributed by atoms with Crippen molar-refractivity contribution in [3.8, 4) is 6.07 Å². The van der Waals surface area contributed by atoms with E-state index in [0.717, 1.165) is 5.70 Å². The first-order valence-corrected chi connectivity index (χ1v) is 3.23. The zero-order chi connectivity index (χ0) is 7.72. The molecule has 1 aliphatic rings. The Balaban J connectivity index is 0.000001000. The molecule has 0 bridgehead atoms. The molecule has 1 atom stereocenters. The molecule has 0 fully saturated rings. The van der Waals surface area contributed by atoms with Crippen LogP contribution >= 0.6 is 0 Å². The summed E-state index contributed by atoms with van der Waals surface area (Å²) in [4.78, 5) is 3.96. The monoisotopic (exact) mass is 144 g/mol. The molecule has 0 aromatic heterocycles. The summed E-state index contributed by atoms with van der Waals surface area (Å²) in [6, 6.07) is 2.12. The van der Waals surface area contributed by atoms with E-state index in [1.165, 1.54) is 0 Å². The molecular formula is C7H11LiN3. The average molecular weight is 144 g/mol. The Morgan fingerprint density at radius 3 is 2.27 bits per heavy atom. The fourth-order valence-electron chi connectivity index (χ4n) is 0.974. The van der Waals surface area contributed by atoms with E-state index < -0.39 is 0 Å². The van der Waals surface area contributed by atoms with Crippen molar-refractivity contribution in [3.05, 3.63) is 11.9 Å². The summed E-state index contributed by atoms with van der Waals surface area (Å²) in [5, 5.41) is 8.59. The second-order valence-electron chi connectivity index (χ2n) is 2.53. The summed E-state index contributed by atoms with van der Waals surface area (Å²) in [5.74, 6) is 0. The molecule has 0 aromatic rings. The number of hydrogen-bond acceptors (Lipinski definition) is 3. The second-order valence-corrected chi connectivity index (χ2v) is 2.53. The molecule has 3 nitrogen and oxygen atoms in total. The smallest absolute Gasteiger partial charge is 0.133 e. The van der Waals surface area contributed by atoms with Crippen molar-refractivity contribution in [2.45, 2.75) is 13.1 Å². The molecule has 0 aromatic carbocycles. The fourth-order valence-corrected chi connectivity index (χ4v) is 0.974. The number of nitrogens with zero attached hydrogens (tertiary/aromatic N) is 3. The van der Waals surface area contributed by atoms with Gasteiger partial charge in [-0.3, -0.25) is 0 Å². The molecule has 0 N–H and O–H groups in total. The minimum absolute atomic E-state index is 0. The predicted octanol–water partition coefficient (Wildman–Crippen LogP) is 0.194. The molecule has 0 aliphatic carbocycles. The van der Waals surface area contributed by atoms with Gasteiger partial charge in [-0.05, 0) is 6.92 Å². The van der Waals surface area contributed by atoms with Crippen LogP contribution in [0.2, 0.25) is 0 Å². The van der Waals surface area contributed by atoms with Crippen LogP contribution < -0.4 is 0 Å². The molecule has 1 heterocycles. The van der Waals surface area contributed by atoms with E-state index in [4.69, 9.17) is 5.26 Å². The van der Waals surface area contributed by atoms with Crippen LogP contribution in [-0.4, -0.2) is 48.9 Å². The summed E-state index contributed by atoms with van der Waals surface area (Å²) in [6.07, 6.45) is 2.17. The quantitative estimate of drug-likeness (QED) is 0.455. The Kier molecular flexibility index (Phi) is 3.52. The molecule has 1 unspecified atom stereocenters. The third-order valence-corrected chi connectivity index (χ3v) is 1.97. The molecule has 55 valence electrons. The number of nitriles is 1. The van der Waals surface area contributed by atoms with Gasteiger partial charge in [-0.2, -0.15) is 5.26 Å². The van der Waals surface area contributed by atoms with E-state index in [1.807, 2.05) is 30.1 Å². The number of allylic oxidation sites excluding steroid dienone is 1. The standard InChI is InChI=1S/C7H11N3.Li/c1-6-9(2)5-7(4-8)10(6)3;/h5-6H,1-3H3;. The molecule has 0 saturated heterocycles. The van der Waals surface area contributed by atoms with Gasteiger partial charge in [0, 0.05) is 39.2 Å². The molecule has 1 aliphatic heterocycles. The topological polar surface area (TPSA) is 30.3 Å². The molecule has 0 saturated carbocycles. The first kappa shape index (κ1) is 10.4. The first-order chi connectivity index (χ1) is 4.66. The molecule has 11 heavy (non-hydrogen) atoms. The van der Waals surface area contributed by atoms with Gasteiger partial charge in [-0.1, -0.05) is 0 Å². The zero-order valence-electron chi connectivity index (χ0n) is 7.50. The van der Waals surface area contributed by atoms with Crippen LogP contribution in [0.15, 0.2) is 11.9 Å². The molecule has 1 rings (SSSR count). The third kappa shape index (κ3) is 1.71. The van der Waals surface area contributed by atoms with E-state index >= 15 is 0 Å². The van der Waals surface area contributed by atoms with Gasteiger partial charge < -0.3 is 9.80 Å². The number of rotatable bonds is 0. The normalized spacial score (nSPS) is 22.4. The van der Waals surface area contributed by atoms with E-state index in [1.54, 1.807) is 0 Å². The van der Waals surface area contributed by atoms with Crippen LogP contribution in [0, 0.1) is 11.3 Å². The molecule has 1 radical (unpaired) electrons. The molecule has 0 amide bonds. The van der Waals surface area contributed by atoms with Gasteiger partial charge in [0.1, 0.15) is 11.8 Å². The van der Waals surface area contributed by atoms with Gasteiger partial charge in [0.2, 0.25) is 0 Å². The van der Waals surface area contributed by atoms with Gasteiger partial charge in [0.05, 0.1) is 6.17 Å². The van der Waals surface area contributed by atoms with Crippen molar-refractivity contribution in [2.24, 2.45) is 0 Å². The van der Waals surface area contributed by atoms with Gasteiger partial charge in [0.15, 0.2) is 0 Å². The van der Waals surface area contributed by atoms with Crippen LogP contribution in [0.5, 0.6) is 0 Å². The van der Waals surface area contributed by atoms with E-state index in [2.05, 4.69) is 13.0 Å². The Labute approximate surface area is 79.4 Å². The van der Waals surface area contributed by atoms with E-state index in [9.17, 15) is 0 Å². The second kappa shape index (κ2) is 3.71. The summed E-state index contributed by atoms with van der Waals surface area (Å²) < 4.78 is 0. The molecule has 0 spiro atoms. The fraction of sp³-hybridized carbons (Fsp3) is 0.571. The predicted molar refractivity (Wildman–Crippen MR) is 44.4 cm³/mol. The van der Waals surface area contributed by atoms with E-state index in [-0.39, 0.29) is 18.9 Å². The minimum Gasteiger partial charge on any atom is -0.358 e. The van der Waals surface area contributed by atoms with Crippen molar-refractivity contribution in [2.75, 3.05) is 14.1 Å². The summed E-state index contributed by atoms with van der Waals surface area (Å²) in [5.41, 5.74) is 0.731. The Bertz CT molecular complexity index is 206. The summed E-state index contributed by atoms with van der Waals surface area (Å²) >= 11 is 0. The maximum absolute atomic E-state index is 8.59. The van der Waals surface area contributed by atoms with Crippen LogP contribution in [0.3, 0.4) is 0 Å². The first-order valence-electron chi connectivity index (χ1n) is 3.23. The van der Waals surface area contributed by atoms with E-state index in [0.29, 0.717) is 6.17 Å². The third-order valence-electron chi connectivity index (χ3n) is 1.97. The van der Waals surface area contributed by atoms with Gasteiger partial charge in [-0.15, -0.1) is 0 Å². The van der Waals surface area contributed by atoms with Crippen molar-refractivity contribution in [1.82, 2.24) is 9.80 Å². The maximum Gasteiger partial charge on any atom is 0.133 e. The van der Waals surface area contributed by atoms with Crippen LogP contribution in [-0.2, 0) is 0 Å². The van der Waals surface area contributed by atoms with Crippen molar-refractivity contribution < 1.29 is 0 Å². The summed E-state index contributed by atoms with van der Waals surface area (Å²) in [7, 11) is 3.88. The average Bonchev–Trinajstić information content (AvgIpc) is 2.17. The summed E-state index contributed by atoms with van der Waals surface area (Å²) in [6.45, 7) is 2.06. The van der Waals surface area contributed by atoms with Crippen molar-refractivity contribution in [1.29, 1.82) is 5.26 Å². The zero-order valence-corrected chi connectivity index (χ0v) is 7.50. The largest absolute Gasteiger partial charge is 0.358 e. The minimum atomic E-state index is 0. The van der Waals surface area contributed by atoms with Gasteiger partial charge >= 0.3 is 0 Å². The van der Waals surface area contributed by atoms with Crippen LogP contribution in [0.25, 0.3) is 0 Å². The van der Waals surface area contributed by atoms with Crippen molar-refractivity contribution in [3.63, 3.8) is 0 Å².